The Hall–Kier alpha value is -1.43. The van der Waals surface area contributed by atoms with Gasteiger partial charge in [-0.3, -0.25) is 0 Å². The summed E-state index contributed by atoms with van der Waals surface area (Å²) in [6, 6.07) is 3.38. The minimum Gasteiger partial charge on any atom is -0.202 e. The summed E-state index contributed by atoms with van der Waals surface area (Å²) >= 11 is 2.80. The quantitative estimate of drug-likeness (QED) is 0.199. The number of fused-ring (bicyclic) bond motifs is 3. The predicted octanol–water partition coefficient (Wildman–Crippen LogP) is 6.79. The van der Waals surface area contributed by atoms with E-state index in [9.17, 15) is 22.0 Å². The zero-order valence-electron chi connectivity index (χ0n) is 10.5. The van der Waals surface area contributed by atoms with Gasteiger partial charge in [0, 0.05) is 10.2 Å². The summed E-state index contributed by atoms with van der Waals surface area (Å²) in [6.07, 6.45) is 0. The van der Waals surface area contributed by atoms with Crippen molar-refractivity contribution in [2.24, 2.45) is 0 Å². The van der Waals surface area contributed by atoms with E-state index in [1.807, 2.05) is 0 Å². The van der Waals surface area contributed by atoms with E-state index in [0.717, 1.165) is 9.40 Å². The molecule has 4 rings (SSSR count). The summed E-state index contributed by atoms with van der Waals surface area (Å²) in [5, 5.41) is 4.09. The molecule has 1 aromatic carbocycles. The van der Waals surface area contributed by atoms with E-state index >= 15 is 0 Å². The third-order valence-corrected chi connectivity index (χ3v) is 8.23. The highest BCUT2D eigenvalue weighted by atomic mass is 32.1. The van der Waals surface area contributed by atoms with Crippen LogP contribution in [0.4, 0.5) is 22.0 Å². The Labute approximate surface area is 129 Å². The highest BCUT2D eigenvalue weighted by molar-refractivity contribution is 7.69. The molecule has 0 bridgehead atoms. The van der Waals surface area contributed by atoms with Crippen molar-refractivity contribution in [2.75, 3.05) is 0 Å². The molecule has 0 unspecified atom stereocenters. The van der Waals surface area contributed by atoms with Gasteiger partial charge in [0.2, 0.25) is 5.82 Å². The molecule has 0 aliphatic carbocycles. The van der Waals surface area contributed by atoms with Crippen LogP contribution in [-0.2, 0) is 0 Å². The van der Waals surface area contributed by atoms with E-state index in [2.05, 4.69) is 0 Å². The second kappa shape index (κ2) is 4.78. The Balaban J connectivity index is 2.23. The fraction of sp³-hybridized carbons (Fsp3) is 0. The van der Waals surface area contributed by atoms with E-state index < -0.39 is 41.9 Å². The molecule has 3 aromatic heterocycles. The Morgan fingerprint density at radius 1 is 0.636 bits per heavy atom. The van der Waals surface area contributed by atoms with E-state index in [4.69, 9.17) is 0 Å². The van der Waals surface area contributed by atoms with Gasteiger partial charge >= 0.3 is 0 Å². The van der Waals surface area contributed by atoms with E-state index in [-0.39, 0.29) is 0 Å². The molecule has 0 N–H and O–H groups in total. The van der Waals surface area contributed by atoms with Crippen LogP contribution in [0.5, 0.6) is 0 Å². The SMILES string of the molecule is Fc1c(F)c(F)c(-p2c3ccsc3c3sccc32)c(F)c1F. The summed E-state index contributed by atoms with van der Waals surface area (Å²) in [4.78, 5) is 0. The molecule has 22 heavy (non-hydrogen) atoms. The number of hydrogen-bond donors (Lipinski definition) is 0. The molecule has 0 fully saturated rings. The summed E-state index contributed by atoms with van der Waals surface area (Å²) < 4.78 is 70.3. The lowest BCUT2D eigenvalue weighted by Gasteiger charge is -2.08. The number of rotatable bonds is 1. The maximum absolute atomic E-state index is 14.2. The van der Waals surface area contributed by atoms with Crippen LogP contribution in [0, 0.1) is 29.1 Å². The monoisotopic (exact) mass is 362 g/mol. The average Bonchev–Trinajstić information content (AvgIpc) is 3.18. The fourth-order valence-electron chi connectivity index (χ4n) is 2.46. The van der Waals surface area contributed by atoms with Gasteiger partial charge in [-0.2, -0.15) is 0 Å². The maximum Gasteiger partial charge on any atom is 0.200 e. The summed E-state index contributed by atoms with van der Waals surface area (Å²) in [5.41, 5.74) is 0. The number of thiophene rings is 2. The van der Waals surface area contributed by atoms with Gasteiger partial charge in [-0.25, -0.2) is 22.0 Å². The molecule has 0 aliphatic heterocycles. The van der Waals surface area contributed by atoms with Crippen LogP contribution in [-0.4, -0.2) is 0 Å². The van der Waals surface area contributed by atoms with Crippen LogP contribution in [0.1, 0.15) is 0 Å². The van der Waals surface area contributed by atoms with Gasteiger partial charge in [-0.1, -0.05) is 7.53 Å². The van der Waals surface area contributed by atoms with Crippen LogP contribution < -0.4 is 0 Å². The smallest absolute Gasteiger partial charge is 0.200 e. The van der Waals surface area contributed by atoms with Crippen LogP contribution in [0.25, 0.3) is 24.9 Å². The van der Waals surface area contributed by atoms with Crippen molar-refractivity contribution in [2.45, 2.75) is 0 Å². The zero-order valence-corrected chi connectivity index (χ0v) is 13.0. The molecule has 112 valence electrons. The Morgan fingerprint density at radius 2 is 1.05 bits per heavy atom. The molecular formula is C14H4F5PS2. The van der Waals surface area contributed by atoms with Crippen molar-refractivity contribution in [1.82, 2.24) is 0 Å². The standard InChI is InChI=1S/C14H4F5PS2/c15-7-8(16)10(18)12(11(19)9(7)17)20-5-1-3-21-13(5)14-6(20)2-4-22-14/h1-4H. The van der Waals surface area contributed by atoms with Crippen molar-refractivity contribution < 1.29 is 22.0 Å². The topological polar surface area (TPSA) is 0 Å². The molecule has 3 heterocycles. The Kier molecular flexibility index (Phi) is 3.08. The van der Waals surface area contributed by atoms with Gasteiger partial charge in [-0.15, -0.1) is 22.7 Å². The van der Waals surface area contributed by atoms with Crippen LogP contribution in [0.3, 0.4) is 0 Å². The fourth-order valence-corrected chi connectivity index (χ4v) is 7.86. The highest BCUT2D eigenvalue weighted by Crippen LogP contribution is 2.59. The summed E-state index contributed by atoms with van der Waals surface area (Å²) in [7, 11) is -1.76. The minimum atomic E-state index is -2.12. The van der Waals surface area contributed by atoms with Crippen LogP contribution in [0.15, 0.2) is 22.9 Å². The number of hydrogen-bond acceptors (Lipinski definition) is 2. The van der Waals surface area contributed by atoms with E-state index in [1.165, 1.54) is 22.7 Å². The average molecular weight is 362 g/mol. The first-order valence-corrected chi connectivity index (χ1v) is 9.09. The van der Waals surface area contributed by atoms with Crippen molar-refractivity contribution in [3.05, 3.63) is 52.0 Å². The molecule has 0 atom stereocenters. The molecule has 0 amide bonds. The van der Waals surface area contributed by atoms with Crippen LogP contribution >= 0.6 is 30.2 Å². The summed E-state index contributed by atoms with van der Waals surface area (Å²) in [6.45, 7) is 0. The molecule has 0 spiro atoms. The highest BCUT2D eigenvalue weighted by Gasteiger charge is 2.29. The normalized spacial score (nSPS) is 11.9. The van der Waals surface area contributed by atoms with Gasteiger partial charge in [-0.05, 0) is 22.9 Å². The zero-order chi connectivity index (χ0) is 15.6. The third kappa shape index (κ3) is 1.67. The number of halogens is 5. The first kappa shape index (κ1) is 14.2. The lowest BCUT2D eigenvalue weighted by molar-refractivity contribution is 0.383. The second-order valence-electron chi connectivity index (χ2n) is 4.52. The van der Waals surface area contributed by atoms with E-state index in [0.29, 0.717) is 10.2 Å². The van der Waals surface area contributed by atoms with Gasteiger partial charge in [0.1, 0.15) is 0 Å². The first-order valence-electron chi connectivity index (χ1n) is 5.99. The van der Waals surface area contributed by atoms with Crippen LogP contribution in [0.2, 0.25) is 0 Å². The molecule has 8 heteroatoms. The van der Waals surface area contributed by atoms with Gasteiger partial charge < -0.3 is 0 Å². The third-order valence-electron chi connectivity index (χ3n) is 3.39. The Morgan fingerprint density at radius 3 is 1.50 bits per heavy atom. The molecular weight excluding hydrogens is 358 g/mol. The maximum atomic E-state index is 14.2. The van der Waals surface area contributed by atoms with Crippen molar-refractivity contribution in [3.8, 4) is 5.30 Å². The molecule has 0 aliphatic rings. The van der Waals surface area contributed by atoms with Gasteiger partial charge in [0.15, 0.2) is 23.3 Å². The Bertz CT molecular complexity index is 966. The van der Waals surface area contributed by atoms with Crippen molar-refractivity contribution >= 4 is 49.8 Å². The van der Waals surface area contributed by atoms with Crippen molar-refractivity contribution in [1.29, 1.82) is 0 Å². The summed E-state index contributed by atoms with van der Waals surface area (Å²) in [5.74, 6) is -9.38. The van der Waals surface area contributed by atoms with Gasteiger partial charge in [0.05, 0.1) is 14.7 Å². The first-order chi connectivity index (χ1) is 10.5. The molecule has 0 nitrogen and oxygen atoms in total. The molecule has 4 aromatic rings. The molecule has 0 radical (unpaired) electrons. The molecule has 0 saturated carbocycles. The number of benzene rings is 1. The largest absolute Gasteiger partial charge is 0.202 e. The second-order valence-corrected chi connectivity index (χ2v) is 8.44. The minimum absolute atomic E-state index is 0.644. The van der Waals surface area contributed by atoms with E-state index in [1.54, 1.807) is 22.9 Å². The lowest BCUT2D eigenvalue weighted by Crippen LogP contribution is -2.01. The predicted molar refractivity (Wildman–Crippen MR) is 81.0 cm³/mol. The van der Waals surface area contributed by atoms with Gasteiger partial charge in [0.25, 0.3) is 0 Å². The lowest BCUT2D eigenvalue weighted by atomic mass is 10.3. The molecule has 0 saturated heterocycles. The van der Waals surface area contributed by atoms with Crippen molar-refractivity contribution in [3.63, 3.8) is 0 Å².